The maximum absolute atomic E-state index is 4.45. The van der Waals surface area contributed by atoms with Crippen molar-refractivity contribution in [2.45, 2.75) is 19.8 Å². The molecule has 0 atom stereocenters. The summed E-state index contributed by atoms with van der Waals surface area (Å²) in [4.78, 5) is 1.41. The second kappa shape index (κ2) is 4.74. The van der Waals surface area contributed by atoms with Crippen LogP contribution in [-0.4, -0.2) is 9.78 Å². The standard InChI is InChI=1S/C17H17N3S/c1-11-14-9-8-12-10-18-20(2)16(12)15(14)17(21-11)19-13-6-4-3-5-7-13/h3-7,10,19H,8-9H2,1-2H3. The molecule has 0 spiro atoms. The van der Waals surface area contributed by atoms with Crippen LogP contribution in [0.4, 0.5) is 10.7 Å². The Morgan fingerprint density at radius 1 is 1.19 bits per heavy atom. The van der Waals surface area contributed by atoms with E-state index < -0.39 is 0 Å². The molecule has 21 heavy (non-hydrogen) atoms. The number of rotatable bonds is 2. The number of hydrogen-bond acceptors (Lipinski definition) is 3. The first-order valence-electron chi connectivity index (χ1n) is 7.19. The van der Waals surface area contributed by atoms with E-state index >= 15 is 0 Å². The molecule has 0 aliphatic heterocycles. The number of aryl methyl sites for hydroxylation is 3. The van der Waals surface area contributed by atoms with Gasteiger partial charge in [0.25, 0.3) is 0 Å². The van der Waals surface area contributed by atoms with E-state index in [2.05, 4.69) is 41.6 Å². The van der Waals surface area contributed by atoms with Crippen LogP contribution in [0.25, 0.3) is 11.3 Å². The summed E-state index contributed by atoms with van der Waals surface area (Å²) in [6, 6.07) is 10.4. The maximum atomic E-state index is 4.45. The number of para-hydroxylation sites is 1. The number of aromatic nitrogens is 2. The Labute approximate surface area is 128 Å². The molecule has 1 aromatic carbocycles. The van der Waals surface area contributed by atoms with Gasteiger partial charge in [-0.2, -0.15) is 5.10 Å². The van der Waals surface area contributed by atoms with E-state index in [1.807, 2.05) is 35.3 Å². The van der Waals surface area contributed by atoms with Gasteiger partial charge >= 0.3 is 0 Å². The number of benzene rings is 1. The third-order valence-electron chi connectivity index (χ3n) is 4.14. The van der Waals surface area contributed by atoms with Gasteiger partial charge in [0.15, 0.2) is 0 Å². The summed E-state index contributed by atoms with van der Waals surface area (Å²) in [7, 11) is 2.03. The second-order valence-electron chi connectivity index (χ2n) is 5.47. The van der Waals surface area contributed by atoms with Crippen LogP contribution >= 0.6 is 11.3 Å². The van der Waals surface area contributed by atoms with Crippen molar-refractivity contribution in [1.29, 1.82) is 0 Å². The molecule has 0 amide bonds. The number of fused-ring (bicyclic) bond motifs is 3. The summed E-state index contributed by atoms with van der Waals surface area (Å²) in [5.74, 6) is 0. The molecule has 3 nitrogen and oxygen atoms in total. The Morgan fingerprint density at radius 3 is 2.81 bits per heavy atom. The van der Waals surface area contributed by atoms with Crippen LogP contribution in [0.15, 0.2) is 36.5 Å². The fourth-order valence-corrected chi connectivity index (χ4v) is 4.24. The van der Waals surface area contributed by atoms with Gasteiger partial charge in [0.2, 0.25) is 0 Å². The quantitative estimate of drug-likeness (QED) is 0.764. The Bertz CT molecular complexity index is 799. The van der Waals surface area contributed by atoms with Crippen LogP contribution < -0.4 is 5.32 Å². The molecule has 1 aliphatic carbocycles. The highest BCUT2D eigenvalue weighted by Crippen LogP contribution is 2.46. The van der Waals surface area contributed by atoms with Crippen LogP contribution in [0.5, 0.6) is 0 Å². The zero-order valence-electron chi connectivity index (χ0n) is 12.2. The molecule has 0 saturated heterocycles. The summed E-state index contributed by atoms with van der Waals surface area (Å²) in [5.41, 5.74) is 6.60. The topological polar surface area (TPSA) is 29.9 Å². The van der Waals surface area contributed by atoms with Crippen LogP contribution in [0.2, 0.25) is 0 Å². The number of nitrogens with zero attached hydrogens (tertiary/aromatic N) is 2. The molecular weight excluding hydrogens is 278 g/mol. The molecule has 2 aromatic heterocycles. The zero-order valence-corrected chi connectivity index (χ0v) is 13.0. The molecule has 2 heterocycles. The van der Waals surface area contributed by atoms with Crippen molar-refractivity contribution in [3.63, 3.8) is 0 Å². The van der Waals surface area contributed by atoms with Crippen LogP contribution in [0.3, 0.4) is 0 Å². The van der Waals surface area contributed by atoms with E-state index in [0.29, 0.717) is 0 Å². The highest BCUT2D eigenvalue weighted by atomic mass is 32.1. The fourth-order valence-electron chi connectivity index (χ4n) is 3.12. The number of thiophene rings is 1. The van der Waals surface area contributed by atoms with E-state index in [1.165, 1.54) is 32.3 Å². The molecule has 4 rings (SSSR count). The van der Waals surface area contributed by atoms with E-state index in [9.17, 15) is 0 Å². The Balaban J connectivity index is 1.86. The van der Waals surface area contributed by atoms with Gasteiger partial charge in [-0.05, 0) is 43.0 Å². The highest BCUT2D eigenvalue weighted by Gasteiger charge is 2.26. The second-order valence-corrected chi connectivity index (χ2v) is 6.70. The molecule has 106 valence electrons. The van der Waals surface area contributed by atoms with Gasteiger partial charge in [0, 0.05) is 23.2 Å². The summed E-state index contributed by atoms with van der Waals surface area (Å²) < 4.78 is 2.01. The molecule has 1 aliphatic rings. The van der Waals surface area contributed by atoms with Gasteiger partial charge in [-0.3, -0.25) is 4.68 Å². The largest absolute Gasteiger partial charge is 0.347 e. The van der Waals surface area contributed by atoms with Crippen LogP contribution in [0, 0.1) is 6.92 Å². The minimum absolute atomic E-state index is 1.10. The number of anilines is 2. The van der Waals surface area contributed by atoms with Gasteiger partial charge < -0.3 is 5.32 Å². The molecule has 0 bridgehead atoms. The van der Waals surface area contributed by atoms with Gasteiger partial charge in [-0.1, -0.05) is 18.2 Å². The minimum atomic E-state index is 1.10. The summed E-state index contributed by atoms with van der Waals surface area (Å²) in [6.07, 6.45) is 4.23. The summed E-state index contributed by atoms with van der Waals surface area (Å²) >= 11 is 1.85. The minimum Gasteiger partial charge on any atom is -0.347 e. The molecule has 4 heteroatoms. The van der Waals surface area contributed by atoms with E-state index in [1.54, 1.807) is 0 Å². The van der Waals surface area contributed by atoms with Crippen molar-refractivity contribution in [2.24, 2.45) is 7.05 Å². The van der Waals surface area contributed by atoms with Crippen LogP contribution in [0.1, 0.15) is 16.0 Å². The highest BCUT2D eigenvalue weighted by molar-refractivity contribution is 7.17. The van der Waals surface area contributed by atoms with Crippen molar-refractivity contribution in [3.05, 3.63) is 52.5 Å². The van der Waals surface area contributed by atoms with Gasteiger partial charge in [-0.25, -0.2) is 0 Å². The molecule has 0 saturated carbocycles. The lowest BCUT2D eigenvalue weighted by Crippen LogP contribution is -2.06. The maximum Gasteiger partial charge on any atom is 0.103 e. The van der Waals surface area contributed by atoms with Crippen molar-refractivity contribution < 1.29 is 0 Å². The summed E-state index contributed by atoms with van der Waals surface area (Å²) in [5, 5.41) is 9.27. The Morgan fingerprint density at radius 2 is 2.00 bits per heavy atom. The normalized spacial score (nSPS) is 12.9. The average Bonchev–Trinajstić information content (AvgIpc) is 3.02. The molecule has 1 N–H and O–H groups in total. The molecule has 0 unspecified atom stereocenters. The van der Waals surface area contributed by atoms with E-state index in [0.717, 1.165) is 18.5 Å². The molecular formula is C17H17N3S. The van der Waals surface area contributed by atoms with Crippen molar-refractivity contribution in [3.8, 4) is 11.3 Å². The Hall–Kier alpha value is -2.07. The van der Waals surface area contributed by atoms with Crippen molar-refractivity contribution in [1.82, 2.24) is 9.78 Å². The number of nitrogens with one attached hydrogen (secondary N) is 1. The molecule has 0 radical (unpaired) electrons. The zero-order chi connectivity index (χ0) is 14.4. The average molecular weight is 295 g/mol. The van der Waals surface area contributed by atoms with Crippen LogP contribution in [-0.2, 0) is 19.9 Å². The van der Waals surface area contributed by atoms with E-state index in [-0.39, 0.29) is 0 Å². The van der Waals surface area contributed by atoms with Gasteiger partial charge in [0.05, 0.1) is 11.9 Å². The first-order chi connectivity index (χ1) is 10.2. The smallest absolute Gasteiger partial charge is 0.103 e. The summed E-state index contributed by atoms with van der Waals surface area (Å²) in [6.45, 7) is 2.22. The third kappa shape index (κ3) is 1.98. The third-order valence-corrected chi connectivity index (χ3v) is 5.20. The van der Waals surface area contributed by atoms with E-state index in [4.69, 9.17) is 0 Å². The molecule has 0 fully saturated rings. The first kappa shape index (κ1) is 12.7. The monoisotopic (exact) mass is 295 g/mol. The Kier molecular flexibility index (Phi) is 2.86. The first-order valence-corrected chi connectivity index (χ1v) is 8.01. The number of hydrogen-bond donors (Lipinski definition) is 1. The lowest BCUT2D eigenvalue weighted by molar-refractivity contribution is 0.772. The lowest BCUT2D eigenvalue weighted by Gasteiger charge is -2.16. The SMILES string of the molecule is Cc1sc(Nc2ccccc2)c2c1CCc1cnn(C)c1-2. The van der Waals surface area contributed by atoms with Crippen molar-refractivity contribution >= 4 is 22.0 Å². The lowest BCUT2D eigenvalue weighted by atomic mass is 9.91. The molecule has 3 aromatic rings. The van der Waals surface area contributed by atoms with Gasteiger partial charge in [0.1, 0.15) is 5.00 Å². The predicted molar refractivity (Wildman–Crippen MR) is 88.4 cm³/mol. The fraction of sp³-hybridized carbons (Fsp3) is 0.235. The van der Waals surface area contributed by atoms with Gasteiger partial charge in [-0.15, -0.1) is 11.3 Å². The predicted octanol–water partition coefficient (Wildman–Crippen LogP) is 4.30. The van der Waals surface area contributed by atoms with Crippen molar-refractivity contribution in [2.75, 3.05) is 5.32 Å².